The average molecular weight is 420 g/mol. The fourth-order valence-electron chi connectivity index (χ4n) is 3.45. The predicted molar refractivity (Wildman–Crippen MR) is 119 cm³/mol. The maximum atomic E-state index is 13.0. The SMILES string of the molecule is COc1ccccc1/C=C/CN1CCO[C@H](c2ccc(Nc3ccc(F)cn3)cn2)C1. The third kappa shape index (κ3) is 5.65. The molecule has 1 saturated heterocycles. The number of halogens is 1. The molecule has 1 aliphatic rings. The predicted octanol–water partition coefficient (Wildman–Crippen LogP) is 4.45. The van der Waals surface area contributed by atoms with E-state index in [1.54, 1.807) is 19.4 Å². The molecule has 1 aliphatic heterocycles. The number of pyridine rings is 2. The highest BCUT2D eigenvalue weighted by Crippen LogP contribution is 2.23. The summed E-state index contributed by atoms with van der Waals surface area (Å²) in [6.07, 6.45) is 7.08. The summed E-state index contributed by atoms with van der Waals surface area (Å²) >= 11 is 0. The van der Waals surface area contributed by atoms with Crippen LogP contribution in [0.1, 0.15) is 17.4 Å². The van der Waals surface area contributed by atoms with Crippen LogP contribution in [0, 0.1) is 5.82 Å². The molecule has 1 fully saturated rings. The van der Waals surface area contributed by atoms with Gasteiger partial charge in [-0.05, 0) is 30.3 Å². The summed E-state index contributed by atoms with van der Waals surface area (Å²) in [4.78, 5) is 10.9. The molecule has 0 amide bonds. The van der Waals surface area contributed by atoms with Crippen LogP contribution in [-0.4, -0.2) is 48.2 Å². The largest absolute Gasteiger partial charge is 0.496 e. The lowest BCUT2D eigenvalue weighted by Gasteiger charge is -2.31. The van der Waals surface area contributed by atoms with Crippen LogP contribution in [0.3, 0.4) is 0 Å². The minimum Gasteiger partial charge on any atom is -0.496 e. The van der Waals surface area contributed by atoms with E-state index in [1.807, 2.05) is 36.4 Å². The molecule has 4 rings (SSSR count). The molecule has 160 valence electrons. The molecule has 31 heavy (non-hydrogen) atoms. The van der Waals surface area contributed by atoms with E-state index in [2.05, 4.69) is 32.3 Å². The molecule has 0 spiro atoms. The summed E-state index contributed by atoms with van der Waals surface area (Å²) in [5.41, 5.74) is 2.74. The Kier molecular flexibility index (Phi) is 6.86. The van der Waals surface area contributed by atoms with Gasteiger partial charge in [-0.15, -0.1) is 0 Å². The summed E-state index contributed by atoms with van der Waals surface area (Å²) in [6, 6.07) is 14.8. The first-order valence-electron chi connectivity index (χ1n) is 10.2. The number of nitrogens with one attached hydrogen (secondary N) is 1. The van der Waals surface area contributed by atoms with Crippen LogP contribution in [0.25, 0.3) is 6.08 Å². The third-order valence-electron chi connectivity index (χ3n) is 5.07. The van der Waals surface area contributed by atoms with Crippen LogP contribution in [0.4, 0.5) is 15.9 Å². The standard InChI is InChI=1S/C24H25FN4O2/c1-30-22-7-3-2-5-18(22)6-4-12-29-13-14-31-23(17-29)21-10-9-20(16-26-21)28-24-11-8-19(25)15-27-24/h2-11,15-16,23H,12-14,17H2,1H3,(H,27,28)/b6-4+/t23-/m0/s1. The average Bonchev–Trinajstić information content (AvgIpc) is 2.82. The molecule has 6 nitrogen and oxygen atoms in total. The van der Waals surface area contributed by atoms with Gasteiger partial charge >= 0.3 is 0 Å². The van der Waals surface area contributed by atoms with Crippen molar-refractivity contribution < 1.29 is 13.9 Å². The number of anilines is 2. The van der Waals surface area contributed by atoms with Gasteiger partial charge in [0.2, 0.25) is 0 Å². The smallest absolute Gasteiger partial charge is 0.141 e. The normalized spacial score (nSPS) is 17.0. The molecule has 0 bridgehead atoms. The molecule has 1 atom stereocenters. The van der Waals surface area contributed by atoms with Crippen molar-refractivity contribution in [3.05, 3.63) is 84.1 Å². The Morgan fingerprint density at radius 2 is 2.06 bits per heavy atom. The molecular weight excluding hydrogens is 395 g/mol. The molecule has 7 heteroatoms. The fraction of sp³-hybridized carbons (Fsp3) is 0.250. The molecule has 0 radical (unpaired) electrons. The first-order valence-corrected chi connectivity index (χ1v) is 10.2. The highest BCUT2D eigenvalue weighted by atomic mass is 19.1. The fourth-order valence-corrected chi connectivity index (χ4v) is 3.45. The van der Waals surface area contributed by atoms with E-state index >= 15 is 0 Å². The van der Waals surface area contributed by atoms with Gasteiger partial charge in [0.05, 0.1) is 37.5 Å². The lowest BCUT2D eigenvalue weighted by atomic mass is 10.1. The van der Waals surface area contributed by atoms with Crippen LogP contribution in [0.2, 0.25) is 0 Å². The second-order valence-electron chi connectivity index (χ2n) is 7.22. The van der Waals surface area contributed by atoms with E-state index < -0.39 is 0 Å². The van der Waals surface area contributed by atoms with Gasteiger partial charge in [-0.2, -0.15) is 0 Å². The lowest BCUT2D eigenvalue weighted by Crippen LogP contribution is -2.38. The van der Waals surface area contributed by atoms with Crippen molar-refractivity contribution >= 4 is 17.6 Å². The van der Waals surface area contributed by atoms with Crippen molar-refractivity contribution in [2.24, 2.45) is 0 Å². The molecule has 1 aromatic carbocycles. The van der Waals surface area contributed by atoms with Gasteiger partial charge in [0.25, 0.3) is 0 Å². The zero-order chi connectivity index (χ0) is 21.5. The molecule has 0 unspecified atom stereocenters. The van der Waals surface area contributed by atoms with Crippen molar-refractivity contribution in [1.29, 1.82) is 0 Å². The molecule has 2 aromatic heterocycles. The van der Waals surface area contributed by atoms with E-state index in [9.17, 15) is 4.39 Å². The van der Waals surface area contributed by atoms with Gasteiger partial charge < -0.3 is 14.8 Å². The van der Waals surface area contributed by atoms with Crippen LogP contribution in [0.5, 0.6) is 5.75 Å². The highest BCUT2D eigenvalue weighted by Gasteiger charge is 2.22. The Morgan fingerprint density at radius 3 is 2.84 bits per heavy atom. The van der Waals surface area contributed by atoms with Crippen molar-refractivity contribution in [3.8, 4) is 5.75 Å². The molecule has 1 N–H and O–H groups in total. The highest BCUT2D eigenvalue weighted by molar-refractivity contribution is 5.57. The maximum Gasteiger partial charge on any atom is 0.141 e. The maximum absolute atomic E-state index is 13.0. The summed E-state index contributed by atoms with van der Waals surface area (Å²) in [7, 11) is 1.68. The number of benzene rings is 1. The van der Waals surface area contributed by atoms with E-state index in [0.717, 1.165) is 42.3 Å². The Bertz CT molecular complexity index is 1010. The first-order chi connectivity index (χ1) is 15.2. The molecule has 0 saturated carbocycles. The van der Waals surface area contributed by atoms with Gasteiger partial charge in [0.15, 0.2) is 0 Å². The Hall–Kier alpha value is -3.29. The summed E-state index contributed by atoms with van der Waals surface area (Å²) in [5.74, 6) is 1.07. The number of aromatic nitrogens is 2. The number of morpholine rings is 1. The van der Waals surface area contributed by atoms with Crippen molar-refractivity contribution in [3.63, 3.8) is 0 Å². The zero-order valence-electron chi connectivity index (χ0n) is 17.4. The van der Waals surface area contributed by atoms with Crippen LogP contribution >= 0.6 is 0 Å². The van der Waals surface area contributed by atoms with Gasteiger partial charge in [-0.1, -0.05) is 30.4 Å². The second kappa shape index (κ2) is 10.1. The van der Waals surface area contributed by atoms with Crippen molar-refractivity contribution in [1.82, 2.24) is 14.9 Å². The van der Waals surface area contributed by atoms with Crippen LogP contribution < -0.4 is 10.1 Å². The molecule has 0 aliphatic carbocycles. The second-order valence-corrected chi connectivity index (χ2v) is 7.22. The Morgan fingerprint density at radius 1 is 1.16 bits per heavy atom. The topological polar surface area (TPSA) is 59.5 Å². The van der Waals surface area contributed by atoms with Gasteiger partial charge in [0.1, 0.15) is 23.5 Å². The summed E-state index contributed by atoms with van der Waals surface area (Å²) in [5, 5.41) is 3.11. The quantitative estimate of drug-likeness (QED) is 0.609. The first kappa shape index (κ1) is 21.0. The molecule has 3 heterocycles. The van der Waals surface area contributed by atoms with E-state index in [1.165, 1.54) is 12.3 Å². The van der Waals surface area contributed by atoms with E-state index in [-0.39, 0.29) is 11.9 Å². The lowest BCUT2D eigenvalue weighted by molar-refractivity contribution is -0.0281. The van der Waals surface area contributed by atoms with Gasteiger partial charge in [-0.25, -0.2) is 9.37 Å². The van der Waals surface area contributed by atoms with E-state index in [4.69, 9.17) is 9.47 Å². The van der Waals surface area contributed by atoms with E-state index in [0.29, 0.717) is 12.4 Å². The third-order valence-corrected chi connectivity index (χ3v) is 5.07. The molecule has 3 aromatic rings. The Labute approximate surface area is 181 Å². The number of rotatable bonds is 7. The number of para-hydroxylation sites is 1. The zero-order valence-corrected chi connectivity index (χ0v) is 17.4. The monoisotopic (exact) mass is 420 g/mol. The molecular formula is C24H25FN4O2. The number of hydrogen-bond donors (Lipinski definition) is 1. The number of nitrogens with zero attached hydrogens (tertiary/aromatic N) is 3. The minimum atomic E-state index is -0.365. The number of hydrogen-bond acceptors (Lipinski definition) is 6. The summed E-state index contributed by atoms with van der Waals surface area (Å²) in [6.45, 7) is 3.14. The van der Waals surface area contributed by atoms with Gasteiger partial charge in [-0.3, -0.25) is 9.88 Å². The van der Waals surface area contributed by atoms with Gasteiger partial charge in [0, 0.05) is 25.2 Å². The van der Waals surface area contributed by atoms with Crippen molar-refractivity contribution in [2.45, 2.75) is 6.10 Å². The van der Waals surface area contributed by atoms with Crippen LogP contribution in [0.15, 0.2) is 67.0 Å². The summed E-state index contributed by atoms with van der Waals surface area (Å²) < 4.78 is 24.3. The number of methoxy groups -OCH3 is 1. The Balaban J connectivity index is 1.33. The minimum absolute atomic E-state index is 0.0774. The van der Waals surface area contributed by atoms with Crippen molar-refractivity contribution in [2.75, 3.05) is 38.7 Å². The number of ether oxygens (including phenoxy) is 2. The van der Waals surface area contributed by atoms with Crippen LogP contribution in [-0.2, 0) is 4.74 Å².